The molecule has 2 nitrogen and oxygen atoms in total. The Morgan fingerprint density at radius 2 is 0.833 bits per heavy atom. The quantitative estimate of drug-likeness (QED) is 0.0499. The third kappa shape index (κ3) is 20.9. The molecule has 0 aromatic carbocycles. The summed E-state index contributed by atoms with van der Waals surface area (Å²) in [7, 11) is 2.70. The van der Waals surface area contributed by atoms with Gasteiger partial charge in [-0.3, -0.25) is 0 Å². The van der Waals surface area contributed by atoms with Crippen LogP contribution in [0.2, 0.25) is 24.2 Å². The molecule has 0 saturated carbocycles. The monoisotopic (exact) mass is 578 g/mol. The fourth-order valence-corrected chi connectivity index (χ4v) is 14.9. The zero-order chi connectivity index (χ0) is 26.7. The Balaban J connectivity index is 4.35. The van der Waals surface area contributed by atoms with Gasteiger partial charge in [-0.15, -0.1) is 0 Å². The molecule has 0 bridgehead atoms. The maximum Gasteiger partial charge on any atom is 0.0716 e. The van der Waals surface area contributed by atoms with E-state index in [4.69, 9.17) is 9.47 Å². The molecule has 2 atom stereocenters. The van der Waals surface area contributed by atoms with Gasteiger partial charge in [0, 0.05) is 36.2 Å². The summed E-state index contributed by atoms with van der Waals surface area (Å²) in [6.45, 7) is 16.0. The summed E-state index contributed by atoms with van der Waals surface area (Å²) in [5, 5.41) is 0. The van der Waals surface area contributed by atoms with Crippen molar-refractivity contribution in [2.45, 2.75) is 167 Å². The van der Waals surface area contributed by atoms with Crippen molar-refractivity contribution in [3.8, 4) is 0 Å². The van der Waals surface area contributed by atoms with E-state index in [1.807, 2.05) is 0 Å². The first-order valence-corrected chi connectivity index (χ1v) is 23.2. The van der Waals surface area contributed by atoms with Crippen LogP contribution in [0.4, 0.5) is 0 Å². The predicted molar refractivity (Wildman–Crippen MR) is 177 cm³/mol. The van der Waals surface area contributed by atoms with Gasteiger partial charge in [-0.05, 0) is 38.5 Å². The fourth-order valence-electron chi connectivity index (χ4n) is 5.40. The highest BCUT2D eigenvalue weighted by Crippen LogP contribution is 2.27. The molecule has 6 heteroatoms. The minimum Gasteiger partial charge on any atom is -0.382 e. The molecule has 0 saturated heterocycles. The van der Waals surface area contributed by atoms with Crippen molar-refractivity contribution in [1.82, 2.24) is 0 Å². The Morgan fingerprint density at radius 1 is 0.472 bits per heavy atom. The van der Waals surface area contributed by atoms with Crippen LogP contribution in [-0.2, 0) is 9.47 Å². The van der Waals surface area contributed by atoms with Crippen LogP contribution < -0.4 is 0 Å². The van der Waals surface area contributed by atoms with Crippen molar-refractivity contribution in [3.63, 3.8) is 0 Å². The molecular formula is C30H66O2S2Si2. The summed E-state index contributed by atoms with van der Waals surface area (Å²) in [4.78, 5) is 0. The third-order valence-electron chi connectivity index (χ3n) is 7.37. The predicted octanol–water partition coefficient (Wildman–Crippen LogP) is 10.3. The van der Waals surface area contributed by atoms with Crippen LogP contribution >= 0.6 is 21.6 Å². The van der Waals surface area contributed by atoms with Crippen LogP contribution in [0.25, 0.3) is 0 Å². The second kappa shape index (κ2) is 29.0. The Morgan fingerprint density at radius 3 is 1.14 bits per heavy atom. The van der Waals surface area contributed by atoms with E-state index in [1.165, 1.54) is 126 Å². The second-order valence-electron chi connectivity index (χ2n) is 10.8. The molecule has 0 aliphatic rings. The third-order valence-corrected chi connectivity index (χ3v) is 18.4. The lowest BCUT2D eigenvalue weighted by atomic mass is 10.3. The molecule has 0 radical (unpaired) electrons. The molecule has 0 amide bonds. The summed E-state index contributed by atoms with van der Waals surface area (Å²) >= 11 is 0. The zero-order valence-electron chi connectivity index (χ0n) is 25.5. The van der Waals surface area contributed by atoms with Crippen LogP contribution in [0.1, 0.15) is 131 Å². The minimum absolute atomic E-state index is 0.622. The number of hydrogen-bond acceptors (Lipinski definition) is 4. The molecule has 2 unspecified atom stereocenters. The number of rotatable bonds is 29. The lowest BCUT2D eigenvalue weighted by Crippen LogP contribution is -2.33. The van der Waals surface area contributed by atoms with Crippen molar-refractivity contribution >= 4 is 39.2 Å². The topological polar surface area (TPSA) is 18.5 Å². The second-order valence-corrected chi connectivity index (χ2v) is 20.4. The maximum atomic E-state index is 6.53. The van der Waals surface area contributed by atoms with Crippen molar-refractivity contribution < 1.29 is 9.47 Å². The van der Waals surface area contributed by atoms with Crippen LogP contribution in [-0.4, -0.2) is 53.8 Å². The molecule has 36 heavy (non-hydrogen) atoms. The van der Waals surface area contributed by atoms with Gasteiger partial charge in [0.1, 0.15) is 0 Å². The van der Waals surface area contributed by atoms with Crippen LogP contribution in [0.5, 0.6) is 0 Å². The first-order chi connectivity index (χ1) is 17.7. The molecule has 0 aliphatic heterocycles. The normalized spacial score (nSPS) is 13.7. The first-order valence-electron chi connectivity index (χ1n) is 16.2. The van der Waals surface area contributed by atoms with E-state index in [0.29, 0.717) is 11.5 Å². The van der Waals surface area contributed by atoms with Crippen molar-refractivity contribution in [3.05, 3.63) is 0 Å². The van der Waals surface area contributed by atoms with E-state index < -0.39 is 17.6 Å². The van der Waals surface area contributed by atoms with Crippen molar-refractivity contribution in [2.75, 3.05) is 24.7 Å². The summed E-state index contributed by atoms with van der Waals surface area (Å²) in [5.41, 5.74) is 1.24. The molecule has 0 spiro atoms. The van der Waals surface area contributed by atoms with E-state index >= 15 is 0 Å². The van der Waals surface area contributed by atoms with Gasteiger partial charge in [0.05, 0.1) is 17.6 Å². The molecule has 0 aliphatic carbocycles. The number of hydrogen-bond donors (Lipinski definition) is 0. The lowest BCUT2D eigenvalue weighted by molar-refractivity contribution is 0.0919. The molecule has 0 aromatic heterocycles. The number of ether oxygens (including phenoxy) is 2. The summed E-state index contributed by atoms with van der Waals surface area (Å²) < 4.78 is 13.1. The number of unbranched alkanes of at least 4 members (excludes halogenated alkanes) is 4. The molecule has 0 heterocycles. The largest absolute Gasteiger partial charge is 0.382 e. The highest BCUT2D eigenvalue weighted by atomic mass is 33.1. The van der Waals surface area contributed by atoms with Crippen LogP contribution in [0.3, 0.4) is 0 Å². The van der Waals surface area contributed by atoms with Gasteiger partial charge in [-0.2, -0.15) is 0 Å². The summed E-state index contributed by atoms with van der Waals surface area (Å²) in [6.07, 6.45) is 18.4. The van der Waals surface area contributed by atoms with Gasteiger partial charge in [-0.1, -0.05) is 139 Å². The van der Waals surface area contributed by atoms with E-state index in [2.05, 4.69) is 63.1 Å². The zero-order valence-corrected chi connectivity index (χ0v) is 29.4. The Bertz CT molecular complexity index is 382. The average molecular weight is 579 g/mol. The maximum absolute atomic E-state index is 6.53. The van der Waals surface area contributed by atoms with Crippen LogP contribution in [0.15, 0.2) is 0 Å². The summed E-state index contributed by atoms with van der Waals surface area (Å²) in [6, 6.07) is 5.87. The molecular weight excluding hydrogens is 513 g/mol. The van der Waals surface area contributed by atoms with Gasteiger partial charge >= 0.3 is 0 Å². The lowest BCUT2D eigenvalue weighted by Gasteiger charge is -2.26. The van der Waals surface area contributed by atoms with Gasteiger partial charge < -0.3 is 9.47 Å². The Hall–Kier alpha value is 1.05. The van der Waals surface area contributed by atoms with Crippen molar-refractivity contribution in [2.24, 2.45) is 0 Å². The van der Waals surface area contributed by atoms with Gasteiger partial charge in [0.25, 0.3) is 0 Å². The van der Waals surface area contributed by atoms with Gasteiger partial charge in [-0.25, -0.2) is 0 Å². The van der Waals surface area contributed by atoms with Crippen LogP contribution in [0, 0.1) is 0 Å². The molecule has 0 fully saturated rings. The first kappa shape index (κ1) is 37.1. The van der Waals surface area contributed by atoms with E-state index in [9.17, 15) is 0 Å². The molecule has 0 aromatic rings. The minimum atomic E-state index is -0.767. The van der Waals surface area contributed by atoms with E-state index in [1.54, 1.807) is 0 Å². The van der Waals surface area contributed by atoms with E-state index in [-0.39, 0.29) is 0 Å². The summed E-state index contributed by atoms with van der Waals surface area (Å²) in [5.74, 6) is 2.58. The molecule has 218 valence electrons. The molecule has 0 rings (SSSR count). The average Bonchev–Trinajstić information content (AvgIpc) is 2.88. The van der Waals surface area contributed by atoms with E-state index in [0.717, 1.165) is 13.2 Å². The Labute approximate surface area is 239 Å². The van der Waals surface area contributed by atoms with Gasteiger partial charge in [0.15, 0.2) is 0 Å². The highest BCUT2D eigenvalue weighted by molar-refractivity contribution is 8.76. The highest BCUT2D eigenvalue weighted by Gasteiger charge is 2.23. The smallest absolute Gasteiger partial charge is 0.0716 e. The Kier molecular flexibility index (Phi) is 29.9. The SMILES string of the molecule is CCCCCOC(CCCSSCCCC(OCCCCC)[SiH](CCC)CCC)[SiH](CCC)CCC. The van der Waals surface area contributed by atoms with Crippen molar-refractivity contribution in [1.29, 1.82) is 0 Å². The fraction of sp³-hybridized carbons (Fsp3) is 1.00. The van der Waals surface area contributed by atoms with Gasteiger partial charge in [0.2, 0.25) is 0 Å². The molecule has 0 N–H and O–H groups in total. The standard InChI is InChI=1S/C30H66O2S2Si2/c1-7-13-15-21-31-29(35(25-9-3)26-10-4)19-17-23-33-34-24-18-20-30(32-22-16-14-8-2)36(27-11-5)28-12-6/h29-30,35-36H,7-28H2,1-6H3.